The normalized spacial score (nSPS) is 8.73. The fraction of sp³-hybridized carbons (Fsp3) is 0.125. The van der Waals surface area contributed by atoms with Gasteiger partial charge in [0, 0.05) is 5.69 Å². The van der Waals surface area contributed by atoms with Crippen LogP contribution in [0.2, 0.25) is 0 Å². The molecule has 0 saturated heterocycles. The third-order valence-corrected chi connectivity index (χ3v) is 1.42. The van der Waals surface area contributed by atoms with E-state index < -0.39 is 0 Å². The Balaban J connectivity index is 2.76. The first-order valence-corrected chi connectivity index (χ1v) is 3.70. The van der Waals surface area contributed by atoms with Crippen LogP contribution >= 0.6 is 11.6 Å². The number of hydrogen-bond donors (Lipinski definition) is 1. The number of nitrogens with one attached hydrogen (secondary N) is 1. The Kier molecular flexibility index (Phi) is 2.76. The van der Waals surface area contributed by atoms with Crippen LogP contribution in [-0.4, -0.2) is 6.00 Å². The van der Waals surface area contributed by atoms with Crippen molar-refractivity contribution in [2.45, 2.75) is 0 Å². The summed E-state index contributed by atoms with van der Waals surface area (Å²) >= 11 is 5.43. The van der Waals surface area contributed by atoms with Crippen molar-refractivity contribution in [2.24, 2.45) is 0 Å². The minimum absolute atomic E-state index is 0.381. The van der Waals surface area contributed by atoms with Gasteiger partial charge in [0.2, 0.25) is 0 Å². The zero-order valence-electron chi connectivity index (χ0n) is 5.84. The van der Waals surface area contributed by atoms with Gasteiger partial charge >= 0.3 is 0 Å². The Bertz CT molecular complexity index is 260. The van der Waals surface area contributed by atoms with Gasteiger partial charge in [-0.05, 0) is 24.3 Å². The second-order valence-corrected chi connectivity index (χ2v) is 2.27. The number of rotatable bonds is 2. The molecule has 1 aromatic carbocycles. The molecule has 0 fully saturated rings. The van der Waals surface area contributed by atoms with Crippen molar-refractivity contribution < 1.29 is 0 Å². The molecule has 56 valence electrons. The van der Waals surface area contributed by atoms with Crippen molar-refractivity contribution in [3.8, 4) is 6.07 Å². The van der Waals surface area contributed by atoms with E-state index in [0.717, 1.165) is 5.69 Å². The summed E-state index contributed by atoms with van der Waals surface area (Å²) in [5.41, 5.74) is 1.59. The van der Waals surface area contributed by atoms with Gasteiger partial charge in [-0.3, -0.25) is 0 Å². The van der Waals surface area contributed by atoms with Crippen LogP contribution in [0.4, 0.5) is 5.69 Å². The van der Waals surface area contributed by atoms with E-state index in [2.05, 4.69) is 5.32 Å². The van der Waals surface area contributed by atoms with Crippen molar-refractivity contribution in [2.75, 3.05) is 11.3 Å². The summed E-state index contributed by atoms with van der Waals surface area (Å²) in [6.07, 6.45) is 0. The molecule has 0 heterocycles. The Morgan fingerprint density at radius 2 is 2.00 bits per heavy atom. The van der Waals surface area contributed by atoms with Crippen LogP contribution in [0.3, 0.4) is 0 Å². The minimum atomic E-state index is 0.381. The molecule has 3 heteroatoms. The smallest absolute Gasteiger partial charge is 0.0991 e. The average molecular weight is 167 g/mol. The van der Waals surface area contributed by atoms with Crippen LogP contribution in [0.15, 0.2) is 24.3 Å². The van der Waals surface area contributed by atoms with E-state index >= 15 is 0 Å². The summed E-state index contributed by atoms with van der Waals surface area (Å²) < 4.78 is 0. The standard InChI is InChI=1S/C8H7ClN2/c9-6-11-8-3-1-7(5-10)2-4-8/h1-4,11H,6H2. The molecule has 0 atom stereocenters. The maximum absolute atomic E-state index is 8.46. The molecule has 0 aliphatic rings. The number of alkyl halides is 1. The molecular formula is C8H7ClN2. The van der Waals surface area contributed by atoms with Gasteiger partial charge < -0.3 is 5.32 Å². The lowest BCUT2D eigenvalue weighted by Crippen LogP contribution is -1.92. The van der Waals surface area contributed by atoms with Crippen LogP contribution in [0.5, 0.6) is 0 Å². The molecule has 0 aliphatic carbocycles. The Hall–Kier alpha value is -1.20. The number of anilines is 1. The monoisotopic (exact) mass is 166 g/mol. The van der Waals surface area contributed by atoms with Gasteiger partial charge in [-0.25, -0.2) is 0 Å². The summed E-state index contributed by atoms with van der Waals surface area (Å²) in [6.45, 7) is 0. The lowest BCUT2D eigenvalue weighted by Gasteiger charge is -1.99. The minimum Gasteiger partial charge on any atom is -0.372 e. The number of hydrogen-bond acceptors (Lipinski definition) is 2. The van der Waals surface area contributed by atoms with Crippen LogP contribution < -0.4 is 5.32 Å². The highest BCUT2D eigenvalue weighted by Crippen LogP contribution is 2.08. The molecular weight excluding hydrogens is 160 g/mol. The SMILES string of the molecule is N#Cc1ccc(NCCl)cc1. The molecule has 2 nitrogen and oxygen atoms in total. The van der Waals surface area contributed by atoms with Crippen molar-refractivity contribution in [1.29, 1.82) is 5.26 Å². The highest BCUT2D eigenvalue weighted by Gasteiger charge is 1.89. The first-order chi connectivity index (χ1) is 5.36. The fourth-order valence-corrected chi connectivity index (χ4v) is 0.894. The third kappa shape index (κ3) is 2.14. The topological polar surface area (TPSA) is 35.8 Å². The number of benzene rings is 1. The molecule has 0 unspecified atom stereocenters. The van der Waals surface area contributed by atoms with Gasteiger partial charge in [0.15, 0.2) is 0 Å². The van der Waals surface area contributed by atoms with Gasteiger partial charge in [-0.15, -0.1) is 11.6 Å². The van der Waals surface area contributed by atoms with E-state index in [1.807, 2.05) is 18.2 Å². The van der Waals surface area contributed by atoms with Crippen LogP contribution in [0.1, 0.15) is 5.56 Å². The van der Waals surface area contributed by atoms with E-state index in [0.29, 0.717) is 11.6 Å². The largest absolute Gasteiger partial charge is 0.372 e. The van der Waals surface area contributed by atoms with Gasteiger partial charge in [-0.2, -0.15) is 5.26 Å². The van der Waals surface area contributed by atoms with Crippen molar-refractivity contribution in [3.63, 3.8) is 0 Å². The molecule has 0 aliphatic heterocycles. The Morgan fingerprint density at radius 1 is 1.36 bits per heavy atom. The third-order valence-electron chi connectivity index (χ3n) is 1.28. The first kappa shape index (κ1) is 7.90. The summed E-state index contributed by atoms with van der Waals surface area (Å²) in [7, 11) is 0. The first-order valence-electron chi connectivity index (χ1n) is 3.17. The Labute approximate surface area is 70.4 Å². The summed E-state index contributed by atoms with van der Waals surface area (Å²) in [6, 6.07) is 9.55. The molecule has 0 spiro atoms. The van der Waals surface area contributed by atoms with Crippen LogP contribution in [-0.2, 0) is 0 Å². The molecule has 0 amide bonds. The van der Waals surface area contributed by atoms with Crippen LogP contribution in [0, 0.1) is 11.3 Å². The van der Waals surface area contributed by atoms with Crippen LogP contribution in [0.25, 0.3) is 0 Å². The van der Waals surface area contributed by atoms with E-state index in [1.165, 1.54) is 0 Å². The zero-order valence-corrected chi connectivity index (χ0v) is 6.60. The maximum Gasteiger partial charge on any atom is 0.0991 e. The summed E-state index contributed by atoms with van der Waals surface area (Å²) in [5, 5.41) is 11.4. The van der Waals surface area contributed by atoms with E-state index in [-0.39, 0.29) is 0 Å². The highest BCUT2D eigenvalue weighted by molar-refractivity contribution is 6.18. The second-order valence-electron chi connectivity index (χ2n) is 2.00. The average Bonchev–Trinajstić information content (AvgIpc) is 2.07. The highest BCUT2D eigenvalue weighted by atomic mass is 35.5. The lowest BCUT2D eigenvalue weighted by atomic mass is 10.2. The number of halogens is 1. The molecule has 1 N–H and O–H groups in total. The summed E-state index contributed by atoms with van der Waals surface area (Å²) in [4.78, 5) is 0. The second kappa shape index (κ2) is 3.85. The lowest BCUT2D eigenvalue weighted by molar-refractivity contribution is 1.43. The molecule has 11 heavy (non-hydrogen) atoms. The van der Waals surface area contributed by atoms with Gasteiger partial charge in [0.1, 0.15) is 0 Å². The van der Waals surface area contributed by atoms with Crippen molar-refractivity contribution in [3.05, 3.63) is 29.8 Å². The van der Waals surface area contributed by atoms with Crippen molar-refractivity contribution >= 4 is 17.3 Å². The molecule has 0 radical (unpaired) electrons. The predicted molar refractivity (Wildman–Crippen MR) is 45.5 cm³/mol. The molecule has 1 aromatic rings. The Morgan fingerprint density at radius 3 is 2.45 bits per heavy atom. The van der Waals surface area contributed by atoms with Gasteiger partial charge in [0.25, 0.3) is 0 Å². The number of nitrogens with zero attached hydrogens (tertiary/aromatic N) is 1. The summed E-state index contributed by atoms with van der Waals surface area (Å²) in [5.74, 6) is 0. The van der Waals surface area contributed by atoms with E-state index in [9.17, 15) is 0 Å². The fourth-order valence-electron chi connectivity index (χ4n) is 0.740. The van der Waals surface area contributed by atoms with E-state index in [4.69, 9.17) is 16.9 Å². The van der Waals surface area contributed by atoms with E-state index in [1.54, 1.807) is 12.1 Å². The molecule has 0 saturated carbocycles. The molecule has 0 aromatic heterocycles. The molecule has 0 bridgehead atoms. The van der Waals surface area contributed by atoms with Gasteiger partial charge in [0.05, 0.1) is 17.6 Å². The van der Waals surface area contributed by atoms with Crippen molar-refractivity contribution in [1.82, 2.24) is 0 Å². The predicted octanol–water partition coefficient (Wildman–Crippen LogP) is 2.17. The van der Waals surface area contributed by atoms with Gasteiger partial charge in [-0.1, -0.05) is 0 Å². The molecule has 1 rings (SSSR count). The number of nitriles is 1. The zero-order chi connectivity index (χ0) is 8.10. The maximum atomic E-state index is 8.46. The quantitative estimate of drug-likeness (QED) is 0.540.